The minimum absolute atomic E-state index is 0.636. The summed E-state index contributed by atoms with van der Waals surface area (Å²) in [5.41, 5.74) is 1.90. The monoisotopic (exact) mass is 357 g/mol. The summed E-state index contributed by atoms with van der Waals surface area (Å²) in [6.07, 6.45) is 9.52. The van der Waals surface area contributed by atoms with Crippen LogP contribution in [0.5, 0.6) is 0 Å². The van der Waals surface area contributed by atoms with E-state index in [4.69, 9.17) is 11.6 Å². The van der Waals surface area contributed by atoms with Crippen LogP contribution in [0.1, 0.15) is 51.6 Å². The molecule has 0 amide bonds. The van der Waals surface area contributed by atoms with Gasteiger partial charge in [-0.3, -0.25) is 0 Å². The lowest BCUT2D eigenvalue weighted by Crippen LogP contribution is -2.11. The summed E-state index contributed by atoms with van der Waals surface area (Å²) in [5, 5.41) is 4.82. The number of aromatic nitrogens is 3. The van der Waals surface area contributed by atoms with Gasteiger partial charge in [-0.1, -0.05) is 57.6 Å². The van der Waals surface area contributed by atoms with Crippen molar-refractivity contribution in [2.24, 2.45) is 5.92 Å². The van der Waals surface area contributed by atoms with Crippen LogP contribution in [-0.4, -0.2) is 14.6 Å². The second-order valence-corrected chi connectivity index (χ2v) is 6.25. The number of hydrogen-bond acceptors (Lipinski definition) is 2. The van der Waals surface area contributed by atoms with E-state index in [-0.39, 0.29) is 0 Å². The summed E-state index contributed by atoms with van der Waals surface area (Å²) in [6, 6.07) is 1.95. The maximum absolute atomic E-state index is 6.23. The van der Waals surface area contributed by atoms with Crippen molar-refractivity contribution in [1.82, 2.24) is 14.6 Å². The maximum atomic E-state index is 6.23. The van der Waals surface area contributed by atoms with Crippen molar-refractivity contribution in [3.8, 4) is 0 Å². The van der Waals surface area contributed by atoms with E-state index in [9.17, 15) is 0 Å². The molecule has 0 spiro atoms. The maximum Gasteiger partial charge on any atom is 0.171 e. The molecule has 20 heavy (non-hydrogen) atoms. The lowest BCUT2D eigenvalue weighted by atomic mass is 9.86. The molecule has 1 saturated carbocycles. The fourth-order valence-corrected chi connectivity index (χ4v) is 3.34. The summed E-state index contributed by atoms with van der Waals surface area (Å²) in [6.45, 7) is 4.00. The number of hydrogen-bond donors (Lipinski definition) is 0. The van der Waals surface area contributed by atoms with Crippen LogP contribution in [0.15, 0.2) is 16.7 Å². The van der Waals surface area contributed by atoms with E-state index >= 15 is 0 Å². The summed E-state index contributed by atoms with van der Waals surface area (Å²) >= 11 is 9.69. The van der Waals surface area contributed by atoms with Gasteiger partial charge in [0.2, 0.25) is 0 Å². The predicted molar refractivity (Wildman–Crippen MR) is 87.3 cm³/mol. The Bertz CT molecular complexity index is 561. The van der Waals surface area contributed by atoms with Gasteiger partial charge in [-0.15, -0.1) is 0 Å². The van der Waals surface area contributed by atoms with Crippen LogP contribution in [0, 0.1) is 5.92 Å². The van der Waals surface area contributed by atoms with Crippen molar-refractivity contribution in [1.29, 1.82) is 0 Å². The van der Waals surface area contributed by atoms with E-state index < -0.39 is 0 Å². The van der Waals surface area contributed by atoms with Crippen molar-refractivity contribution in [2.45, 2.75) is 52.4 Å². The van der Waals surface area contributed by atoms with Gasteiger partial charge in [0.25, 0.3) is 0 Å². The number of fused-ring (bicyclic) bond motifs is 1. The third kappa shape index (κ3) is 3.53. The zero-order chi connectivity index (χ0) is 14.5. The fraction of sp³-hybridized carbons (Fsp3) is 0.600. The molecule has 0 N–H and O–H groups in total. The van der Waals surface area contributed by atoms with Crippen LogP contribution in [0.3, 0.4) is 0 Å². The van der Waals surface area contributed by atoms with E-state index in [1.54, 1.807) is 10.7 Å². The molecule has 1 aliphatic carbocycles. The summed E-state index contributed by atoms with van der Waals surface area (Å²) in [7, 11) is 0. The Hall–Kier alpha value is -0.610. The summed E-state index contributed by atoms with van der Waals surface area (Å²) in [4.78, 5) is 4.66. The third-order valence-corrected chi connectivity index (χ3v) is 4.49. The van der Waals surface area contributed by atoms with Crippen molar-refractivity contribution < 1.29 is 0 Å². The normalized spacial score (nSPS) is 16.0. The Labute approximate surface area is 133 Å². The molecule has 2 aromatic rings. The fourth-order valence-electron chi connectivity index (χ4n) is 2.74. The molecule has 0 saturated heterocycles. The number of rotatable bonds is 2. The Balaban J connectivity index is 0.000000704. The van der Waals surface area contributed by atoms with Gasteiger partial charge in [-0.2, -0.15) is 5.10 Å². The molecule has 0 atom stereocenters. The van der Waals surface area contributed by atoms with E-state index in [0.717, 1.165) is 28.2 Å². The minimum Gasteiger partial charge on any atom is -0.232 e. The first-order valence-corrected chi connectivity index (χ1v) is 8.60. The van der Waals surface area contributed by atoms with Gasteiger partial charge in [0.1, 0.15) is 5.15 Å². The standard InChI is InChI=1S/C13H15BrClN3.C2H6/c14-11-8-16-18-12(15)7-10(17-13(11)18)6-9-4-2-1-3-5-9;1-2/h7-9H,1-6H2;1-2H3. The average Bonchev–Trinajstić information content (AvgIpc) is 2.85. The molecule has 1 fully saturated rings. The van der Waals surface area contributed by atoms with Crippen LogP contribution < -0.4 is 0 Å². The highest BCUT2D eigenvalue weighted by atomic mass is 79.9. The van der Waals surface area contributed by atoms with Crippen LogP contribution >= 0.6 is 27.5 Å². The van der Waals surface area contributed by atoms with Crippen LogP contribution in [0.25, 0.3) is 5.65 Å². The zero-order valence-corrected chi connectivity index (χ0v) is 14.4. The topological polar surface area (TPSA) is 30.2 Å². The van der Waals surface area contributed by atoms with Gasteiger partial charge < -0.3 is 0 Å². The van der Waals surface area contributed by atoms with Gasteiger partial charge in [0, 0.05) is 5.69 Å². The quantitative estimate of drug-likeness (QED) is 0.682. The smallest absolute Gasteiger partial charge is 0.171 e. The van der Waals surface area contributed by atoms with Gasteiger partial charge in [0.15, 0.2) is 5.65 Å². The van der Waals surface area contributed by atoms with Crippen molar-refractivity contribution >= 4 is 33.2 Å². The van der Waals surface area contributed by atoms with Crippen LogP contribution in [0.2, 0.25) is 5.15 Å². The molecule has 2 heterocycles. The van der Waals surface area contributed by atoms with Gasteiger partial charge in [0.05, 0.1) is 10.7 Å². The molecule has 1 aliphatic rings. The molecule has 0 bridgehead atoms. The Morgan fingerprint density at radius 3 is 2.70 bits per heavy atom. The molecule has 0 aromatic carbocycles. The molecule has 3 nitrogen and oxygen atoms in total. The van der Waals surface area contributed by atoms with E-state index in [1.807, 2.05) is 19.9 Å². The third-order valence-electron chi connectivity index (χ3n) is 3.66. The average molecular weight is 359 g/mol. The second kappa shape index (κ2) is 7.41. The highest BCUT2D eigenvalue weighted by Crippen LogP contribution is 2.28. The number of nitrogens with zero attached hydrogens (tertiary/aromatic N) is 3. The highest BCUT2D eigenvalue weighted by molar-refractivity contribution is 9.10. The highest BCUT2D eigenvalue weighted by Gasteiger charge is 2.16. The summed E-state index contributed by atoms with van der Waals surface area (Å²) in [5.74, 6) is 0.770. The predicted octanol–water partition coefficient (Wildman–Crippen LogP) is 5.29. The van der Waals surface area contributed by atoms with Gasteiger partial charge in [-0.05, 0) is 34.3 Å². The van der Waals surface area contributed by atoms with E-state index in [1.165, 1.54) is 32.1 Å². The van der Waals surface area contributed by atoms with Crippen molar-refractivity contribution in [3.05, 3.63) is 27.6 Å². The first-order chi connectivity index (χ1) is 9.74. The molecule has 110 valence electrons. The zero-order valence-electron chi connectivity index (χ0n) is 12.1. The molecule has 0 radical (unpaired) electrons. The van der Waals surface area contributed by atoms with Gasteiger partial charge >= 0.3 is 0 Å². The molecule has 0 unspecified atom stereocenters. The van der Waals surface area contributed by atoms with E-state index in [2.05, 4.69) is 26.0 Å². The Morgan fingerprint density at radius 2 is 2.00 bits per heavy atom. The van der Waals surface area contributed by atoms with Gasteiger partial charge in [-0.25, -0.2) is 9.50 Å². The lowest BCUT2D eigenvalue weighted by Gasteiger charge is -2.21. The van der Waals surface area contributed by atoms with Crippen LogP contribution in [-0.2, 0) is 6.42 Å². The molecule has 3 rings (SSSR count). The Morgan fingerprint density at radius 1 is 1.30 bits per heavy atom. The summed E-state index contributed by atoms with van der Waals surface area (Å²) < 4.78 is 2.56. The molecule has 0 aliphatic heterocycles. The molecular weight excluding hydrogens is 338 g/mol. The van der Waals surface area contributed by atoms with Crippen molar-refractivity contribution in [3.63, 3.8) is 0 Å². The largest absolute Gasteiger partial charge is 0.232 e. The first-order valence-electron chi connectivity index (χ1n) is 7.42. The van der Waals surface area contributed by atoms with E-state index in [0.29, 0.717) is 5.15 Å². The minimum atomic E-state index is 0.636. The Kier molecular flexibility index (Phi) is 5.85. The SMILES string of the molecule is CC.Clc1cc(CC2CCCCC2)nc2c(Br)cnn12. The molecule has 2 aromatic heterocycles. The second-order valence-electron chi connectivity index (χ2n) is 5.01. The van der Waals surface area contributed by atoms with Crippen LogP contribution in [0.4, 0.5) is 0 Å². The molecule has 5 heteroatoms. The molecular formula is C15H21BrClN3. The first kappa shape index (κ1) is 15.8. The number of halogens is 2. The lowest BCUT2D eigenvalue weighted by molar-refractivity contribution is 0.354. The van der Waals surface area contributed by atoms with Crippen molar-refractivity contribution in [2.75, 3.05) is 0 Å².